The van der Waals surface area contributed by atoms with Crippen LogP contribution in [0.15, 0.2) is 41.2 Å². The monoisotopic (exact) mass is 313 g/mol. The Morgan fingerprint density at radius 2 is 1.87 bits per heavy atom. The van der Waals surface area contributed by atoms with E-state index < -0.39 is 0 Å². The third-order valence-electron chi connectivity index (χ3n) is 4.26. The summed E-state index contributed by atoms with van der Waals surface area (Å²) in [5.74, 6) is 0.787. The van der Waals surface area contributed by atoms with E-state index in [0.29, 0.717) is 6.67 Å². The van der Waals surface area contributed by atoms with Crippen LogP contribution in [0.3, 0.4) is 0 Å². The molecule has 3 rings (SSSR count). The lowest BCUT2D eigenvalue weighted by atomic mass is 10.1. The second-order valence-corrected chi connectivity index (χ2v) is 5.96. The van der Waals surface area contributed by atoms with E-state index in [1.165, 1.54) is 25.7 Å². The summed E-state index contributed by atoms with van der Waals surface area (Å²) in [6.45, 7) is 2.64. The summed E-state index contributed by atoms with van der Waals surface area (Å²) >= 11 is 0. The van der Waals surface area contributed by atoms with Crippen LogP contribution >= 0.6 is 0 Å². The highest BCUT2D eigenvalue weighted by molar-refractivity contribution is 5.60. The number of methoxy groups -OCH3 is 1. The Balaban J connectivity index is 1.84. The topological polar surface area (TPSA) is 47.4 Å². The largest absolute Gasteiger partial charge is 0.497 e. The van der Waals surface area contributed by atoms with E-state index in [-0.39, 0.29) is 5.56 Å². The summed E-state index contributed by atoms with van der Waals surface area (Å²) in [6.07, 6.45) is 4.96. The van der Waals surface area contributed by atoms with Gasteiger partial charge in [-0.15, -0.1) is 0 Å². The quantitative estimate of drug-likeness (QED) is 0.871. The predicted molar refractivity (Wildman–Crippen MR) is 90.5 cm³/mol. The molecular weight excluding hydrogens is 290 g/mol. The van der Waals surface area contributed by atoms with Crippen molar-refractivity contribution in [3.8, 4) is 17.0 Å². The zero-order chi connectivity index (χ0) is 16.1. The first-order chi connectivity index (χ1) is 11.3. The fourth-order valence-electron chi connectivity index (χ4n) is 2.95. The molecule has 5 heteroatoms. The van der Waals surface area contributed by atoms with Crippen LogP contribution in [0.1, 0.15) is 25.7 Å². The van der Waals surface area contributed by atoms with Crippen LogP contribution in [-0.4, -0.2) is 34.9 Å². The molecular formula is C18H23N3O2. The van der Waals surface area contributed by atoms with Crippen molar-refractivity contribution in [2.24, 2.45) is 0 Å². The lowest BCUT2D eigenvalue weighted by Gasteiger charge is -2.20. The fourth-order valence-corrected chi connectivity index (χ4v) is 2.95. The van der Waals surface area contributed by atoms with Gasteiger partial charge in [-0.25, -0.2) is 4.68 Å². The van der Waals surface area contributed by atoms with Gasteiger partial charge in [0.15, 0.2) is 0 Å². The number of likely N-dealkylation sites (tertiary alicyclic amines) is 1. The van der Waals surface area contributed by atoms with Gasteiger partial charge in [0.2, 0.25) is 0 Å². The van der Waals surface area contributed by atoms with Gasteiger partial charge < -0.3 is 4.74 Å². The van der Waals surface area contributed by atoms with E-state index >= 15 is 0 Å². The van der Waals surface area contributed by atoms with Crippen molar-refractivity contribution >= 4 is 0 Å². The molecule has 1 aliphatic heterocycles. The molecule has 122 valence electrons. The maximum Gasteiger partial charge on any atom is 0.268 e. The molecule has 0 aliphatic carbocycles. The molecule has 1 aromatic carbocycles. The van der Waals surface area contributed by atoms with Crippen molar-refractivity contribution in [2.45, 2.75) is 32.4 Å². The summed E-state index contributed by atoms with van der Waals surface area (Å²) in [6, 6.07) is 11.1. The number of hydrogen-bond acceptors (Lipinski definition) is 4. The lowest BCUT2D eigenvalue weighted by molar-refractivity contribution is 0.210. The number of nitrogens with zero attached hydrogens (tertiary/aromatic N) is 3. The molecule has 0 unspecified atom stereocenters. The van der Waals surface area contributed by atoms with Gasteiger partial charge in [0.25, 0.3) is 5.56 Å². The minimum Gasteiger partial charge on any atom is -0.497 e. The Labute approximate surface area is 136 Å². The van der Waals surface area contributed by atoms with E-state index in [4.69, 9.17) is 4.74 Å². The normalized spacial score (nSPS) is 16.0. The average Bonchev–Trinajstić information content (AvgIpc) is 2.85. The first kappa shape index (κ1) is 15.7. The third-order valence-corrected chi connectivity index (χ3v) is 4.26. The zero-order valence-corrected chi connectivity index (χ0v) is 13.6. The molecule has 0 bridgehead atoms. The predicted octanol–water partition coefficient (Wildman–Crippen LogP) is 2.75. The average molecular weight is 313 g/mol. The summed E-state index contributed by atoms with van der Waals surface area (Å²) in [7, 11) is 1.65. The molecule has 2 heterocycles. The maximum absolute atomic E-state index is 12.1. The molecule has 5 nitrogen and oxygen atoms in total. The van der Waals surface area contributed by atoms with Gasteiger partial charge in [-0.05, 0) is 44.1 Å². The summed E-state index contributed by atoms with van der Waals surface area (Å²) in [5.41, 5.74) is 1.69. The van der Waals surface area contributed by atoms with Crippen LogP contribution in [-0.2, 0) is 6.67 Å². The van der Waals surface area contributed by atoms with Crippen molar-refractivity contribution in [1.29, 1.82) is 0 Å². The van der Waals surface area contributed by atoms with Crippen molar-refractivity contribution < 1.29 is 4.74 Å². The van der Waals surface area contributed by atoms with Gasteiger partial charge >= 0.3 is 0 Å². The van der Waals surface area contributed by atoms with Crippen molar-refractivity contribution in [3.63, 3.8) is 0 Å². The van der Waals surface area contributed by atoms with Crippen molar-refractivity contribution in [2.75, 3.05) is 20.2 Å². The highest BCUT2D eigenvalue weighted by Crippen LogP contribution is 2.21. The molecule has 0 amide bonds. The van der Waals surface area contributed by atoms with Gasteiger partial charge in [-0.3, -0.25) is 9.69 Å². The van der Waals surface area contributed by atoms with E-state index in [1.807, 2.05) is 24.3 Å². The number of ether oxygens (including phenoxy) is 1. The van der Waals surface area contributed by atoms with Gasteiger partial charge in [-0.1, -0.05) is 25.0 Å². The van der Waals surface area contributed by atoms with E-state index in [0.717, 1.165) is 30.1 Å². The minimum atomic E-state index is -0.0547. The van der Waals surface area contributed by atoms with Crippen LogP contribution in [0.4, 0.5) is 0 Å². The van der Waals surface area contributed by atoms with Gasteiger partial charge in [-0.2, -0.15) is 5.10 Å². The first-order valence-corrected chi connectivity index (χ1v) is 8.21. The van der Waals surface area contributed by atoms with Gasteiger partial charge in [0.05, 0.1) is 19.5 Å². The molecule has 0 N–H and O–H groups in total. The lowest BCUT2D eigenvalue weighted by Crippen LogP contribution is -2.34. The third kappa shape index (κ3) is 3.99. The molecule has 0 atom stereocenters. The van der Waals surface area contributed by atoms with E-state index in [2.05, 4.69) is 10.00 Å². The maximum atomic E-state index is 12.1. The summed E-state index contributed by atoms with van der Waals surface area (Å²) in [5, 5.41) is 4.55. The Morgan fingerprint density at radius 3 is 2.61 bits per heavy atom. The molecule has 0 spiro atoms. The number of hydrogen-bond donors (Lipinski definition) is 0. The molecule has 1 fully saturated rings. The Kier molecular flexibility index (Phi) is 5.08. The molecule has 1 aliphatic rings. The second-order valence-electron chi connectivity index (χ2n) is 5.96. The molecule has 23 heavy (non-hydrogen) atoms. The van der Waals surface area contributed by atoms with E-state index in [1.54, 1.807) is 23.9 Å². The molecule has 1 aromatic heterocycles. The van der Waals surface area contributed by atoms with Crippen LogP contribution in [0, 0.1) is 0 Å². The van der Waals surface area contributed by atoms with Crippen molar-refractivity contribution in [1.82, 2.24) is 14.7 Å². The molecule has 2 aromatic rings. The standard InChI is InChI=1S/C18H23N3O2/c1-23-16-8-6-7-15(13-16)17-9-10-18(22)21(19-17)14-20-11-4-2-3-5-12-20/h6-10,13H,2-5,11-12,14H2,1H3. The minimum absolute atomic E-state index is 0.0547. The Hall–Kier alpha value is -2.14. The smallest absolute Gasteiger partial charge is 0.268 e. The van der Waals surface area contributed by atoms with Crippen LogP contribution < -0.4 is 10.3 Å². The summed E-state index contributed by atoms with van der Waals surface area (Å²) in [4.78, 5) is 14.5. The van der Waals surface area contributed by atoms with Crippen molar-refractivity contribution in [3.05, 3.63) is 46.8 Å². The second kappa shape index (κ2) is 7.42. The number of benzene rings is 1. The van der Waals surface area contributed by atoms with Crippen LogP contribution in [0.2, 0.25) is 0 Å². The first-order valence-electron chi connectivity index (χ1n) is 8.21. The fraction of sp³-hybridized carbons (Fsp3) is 0.444. The van der Waals surface area contributed by atoms with Gasteiger partial charge in [0.1, 0.15) is 5.75 Å². The SMILES string of the molecule is COc1cccc(-c2ccc(=O)n(CN3CCCCCC3)n2)c1. The van der Waals surface area contributed by atoms with E-state index in [9.17, 15) is 4.79 Å². The molecule has 0 saturated carbocycles. The molecule has 0 radical (unpaired) electrons. The zero-order valence-electron chi connectivity index (χ0n) is 13.6. The Morgan fingerprint density at radius 1 is 1.09 bits per heavy atom. The highest BCUT2D eigenvalue weighted by Gasteiger charge is 2.11. The number of rotatable bonds is 4. The van der Waals surface area contributed by atoms with Crippen LogP contribution in [0.25, 0.3) is 11.3 Å². The van der Waals surface area contributed by atoms with Gasteiger partial charge in [0, 0.05) is 11.6 Å². The molecule has 1 saturated heterocycles. The highest BCUT2D eigenvalue weighted by atomic mass is 16.5. The Bertz CT molecular complexity index is 703. The number of aromatic nitrogens is 2. The summed E-state index contributed by atoms with van der Waals surface area (Å²) < 4.78 is 6.83. The van der Waals surface area contributed by atoms with Crippen LogP contribution in [0.5, 0.6) is 5.75 Å².